The second-order valence-electron chi connectivity index (χ2n) is 4.50. The molecule has 0 saturated carbocycles. The van der Waals surface area contributed by atoms with Gasteiger partial charge in [-0.25, -0.2) is 0 Å². The highest BCUT2D eigenvalue weighted by Crippen LogP contribution is 2.15. The van der Waals surface area contributed by atoms with Gasteiger partial charge in [-0.2, -0.15) is 0 Å². The molecule has 0 radical (unpaired) electrons. The van der Waals surface area contributed by atoms with E-state index in [2.05, 4.69) is 43.6 Å². The van der Waals surface area contributed by atoms with Crippen LogP contribution in [0.3, 0.4) is 0 Å². The fraction of sp³-hybridized carbons (Fsp3) is 0.692. The number of rotatable bonds is 7. The molecular formula is C13H23NS. The molecule has 0 amide bonds. The Morgan fingerprint density at radius 2 is 2.20 bits per heavy atom. The molecule has 1 aromatic rings. The van der Waals surface area contributed by atoms with E-state index in [1.807, 2.05) is 11.3 Å². The Balaban J connectivity index is 2.30. The van der Waals surface area contributed by atoms with Crippen LogP contribution < -0.4 is 5.32 Å². The monoisotopic (exact) mass is 225 g/mol. The summed E-state index contributed by atoms with van der Waals surface area (Å²) in [5.74, 6) is 0.789. The molecule has 1 atom stereocenters. The summed E-state index contributed by atoms with van der Waals surface area (Å²) in [5.41, 5.74) is 0. The van der Waals surface area contributed by atoms with Gasteiger partial charge in [0.2, 0.25) is 0 Å². The Kier molecular flexibility index (Phi) is 5.96. The van der Waals surface area contributed by atoms with Crippen LogP contribution >= 0.6 is 11.3 Å². The smallest absolute Gasteiger partial charge is 0.00728 e. The van der Waals surface area contributed by atoms with E-state index in [9.17, 15) is 0 Å². The number of thiophene rings is 1. The minimum atomic E-state index is 0.692. The lowest BCUT2D eigenvalue weighted by Gasteiger charge is -2.19. The van der Waals surface area contributed by atoms with Gasteiger partial charge in [-0.1, -0.05) is 26.8 Å². The minimum Gasteiger partial charge on any atom is -0.314 e. The van der Waals surface area contributed by atoms with Crippen molar-refractivity contribution in [3.8, 4) is 0 Å². The van der Waals surface area contributed by atoms with Gasteiger partial charge in [0, 0.05) is 10.9 Å². The van der Waals surface area contributed by atoms with Crippen molar-refractivity contribution in [3.05, 3.63) is 22.4 Å². The van der Waals surface area contributed by atoms with E-state index < -0.39 is 0 Å². The van der Waals surface area contributed by atoms with Gasteiger partial charge < -0.3 is 5.32 Å². The third kappa shape index (κ3) is 5.33. The molecule has 0 aromatic carbocycles. The number of hydrogen-bond donors (Lipinski definition) is 1. The van der Waals surface area contributed by atoms with Crippen molar-refractivity contribution in [2.45, 2.75) is 46.1 Å². The summed E-state index contributed by atoms with van der Waals surface area (Å²) in [7, 11) is 0. The maximum Gasteiger partial charge on any atom is 0.00728 e. The zero-order valence-electron chi connectivity index (χ0n) is 10.1. The van der Waals surface area contributed by atoms with Crippen molar-refractivity contribution in [2.75, 3.05) is 6.54 Å². The lowest BCUT2D eigenvalue weighted by molar-refractivity contribution is 0.406. The first-order valence-electron chi connectivity index (χ1n) is 5.98. The van der Waals surface area contributed by atoms with Gasteiger partial charge in [-0.15, -0.1) is 11.3 Å². The lowest BCUT2D eigenvalue weighted by Crippen LogP contribution is -2.30. The van der Waals surface area contributed by atoms with Crippen LogP contribution in [-0.4, -0.2) is 12.6 Å². The molecule has 86 valence electrons. The van der Waals surface area contributed by atoms with E-state index in [-0.39, 0.29) is 0 Å². The maximum atomic E-state index is 3.58. The van der Waals surface area contributed by atoms with Crippen LogP contribution in [0.25, 0.3) is 0 Å². The zero-order chi connectivity index (χ0) is 11.1. The Hall–Kier alpha value is -0.340. The minimum absolute atomic E-state index is 0.692. The quantitative estimate of drug-likeness (QED) is 0.746. The molecular weight excluding hydrogens is 202 g/mol. The largest absolute Gasteiger partial charge is 0.314 e. The van der Waals surface area contributed by atoms with E-state index in [1.54, 1.807) is 0 Å². The second-order valence-corrected chi connectivity index (χ2v) is 5.53. The van der Waals surface area contributed by atoms with Crippen LogP contribution in [0.15, 0.2) is 17.5 Å². The summed E-state index contributed by atoms with van der Waals surface area (Å²) in [5, 5.41) is 5.75. The average Bonchev–Trinajstić information content (AvgIpc) is 2.66. The van der Waals surface area contributed by atoms with E-state index in [0.29, 0.717) is 6.04 Å². The molecule has 0 aliphatic carbocycles. The van der Waals surface area contributed by atoms with Gasteiger partial charge in [0.15, 0.2) is 0 Å². The summed E-state index contributed by atoms with van der Waals surface area (Å²) in [4.78, 5) is 1.52. The molecule has 0 aliphatic rings. The Morgan fingerprint density at radius 1 is 1.40 bits per heavy atom. The van der Waals surface area contributed by atoms with Gasteiger partial charge in [-0.05, 0) is 43.2 Å². The van der Waals surface area contributed by atoms with E-state index >= 15 is 0 Å². The van der Waals surface area contributed by atoms with Crippen LogP contribution in [0.1, 0.15) is 38.5 Å². The first kappa shape index (κ1) is 12.7. The molecule has 2 heteroatoms. The van der Waals surface area contributed by atoms with Crippen LogP contribution in [0.4, 0.5) is 0 Å². The normalized spacial score (nSPS) is 13.3. The Morgan fingerprint density at radius 3 is 2.73 bits per heavy atom. The predicted octanol–water partition coefficient (Wildman–Crippen LogP) is 3.70. The molecule has 0 aliphatic heterocycles. The number of hydrogen-bond acceptors (Lipinski definition) is 2. The molecule has 15 heavy (non-hydrogen) atoms. The number of nitrogens with one attached hydrogen (secondary N) is 1. The van der Waals surface area contributed by atoms with E-state index in [1.165, 1.54) is 24.1 Å². The van der Waals surface area contributed by atoms with Crippen LogP contribution in [0.2, 0.25) is 0 Å². The average molecular weight is 225 g/mol. The van der Waals surface area contributed by atoms with Crippen LogP contribution in [-0.2, 0) is 6.42 Å². The third-order valence-corrected chi connectivity index (χ3v) is 3.50. The molecule has 1 nitrogen and oxygen atoms in total. The lowest BCUT2D eigenvalue weighted by atomic mass is 9.99. The van der Waals surface area contributed by atoms with Crippen LogP contribution in [0.5, 0.6) is 0 Å². The Labute approximate surface area is 97.9 Å². The van der Waals surface area contributed by atoms with Crippen molar-refractivity contribution < 1.29 is 0 Å². The van der Waals surface area contributed by atoms with Crippen molar-refractivity contribution >= 4 is 11.3 Å². The highest BCUT2D eigenvalue weighted by atomic mass is 32.1. The molecule has 0 fully saturated rings. The molecule has 1 N–H and O–H groups in total. The summed E-state index contributed by atoms with van der Waals surface area (Å²) < 4.78 is 0. The highest BCUT2D eigenvalue weighted by Gasteiger charge is 2.09. The van der Waals surface area contributed by atoms with E-state index in [0.717, 1.165) is 12.5 Å². The number of aryl methyl sites for hydroxylation is 1. The van der Waals surface area contributed by atoms with E-state index in [4.69, 9.17) is 0 Å². The maximum absolute atomic E-state index is 3.58. The van der Waals surface area contributed by atoms with Crippen molar-refractivity contribution in [3.63, 3.8) is 0 Å². The SMILES string of the molecule is CCNC(CCc1cccs1)CC(C)C. The first-order valence-corrected chi connectivity index (χ1v) is 6.86. The summed E-state index contributed by atoms with van der Waals surface area (Å²) in [6.45, 7) is 7.88. The summed E-state index contributed by atoms with van der Waals surface area (Å²) in [6, 6.07) is 5.07. The van der Waals surface area contributed by atoms with Gasteiger partial charge >= 0.3 is 0 Å². The fourth-order valence-electron chi connectivity index (χ4n) is 1.93. The topological polar surface area (TPSA) is 12.0 Å². The summed E-state index contributed by atoms with van der Waals surface area (Å²) >= 11 is 1.87. The van der Waals surface area contributed by atoms with Gasteiger partial charge in [0.05, 0.1) is 0 Å². The molecule has 1 aromatic heterocycles. The second kappa shape index (κ2) is 7.02. The molecule has 1 rings (SSSR count). The molecule has 0 saturated heterocycles. The van der Waals surface area contributed by atoms with Crippen molar-refractivity contribution in [1.29, 1.82) is 0 Å². The zero-order valence-corrected chi connectivity index (χ0v) is 10.9. The van der Waals surface area contributed by atoms with Crippen molar-refractivity contribution in [2.24, 2.45) is 5.92 Å². The van der Waals surface area contributed by atoms with Gasteiger partial charge in [0.1, 0.15) is 0 Å². The predicted molar refractivity (Wildman–Crippen MR) is 69.6 cm³/mol. The third-order valence-electron chi connectivity index (χ3n) is 2.57. The molecule has 0 bridgehead atoms. The molecule has 1 unspecified atom stereocenters. The summed E-state index contributed by atoms with van der Waals surface area (Å²) in [6.07, 6.45) is 3.79. The highest BCUT2D eigenvalue weighted by molar-refractivity contribution is 7.09. The van der Waals surface area contributed by atoms with Crippen molar-refractivity contribution in [1.82, 2.24) is 5.32 Å². The molecule has 0 spiro atoms. The van der Waals surface area contributed by atoms with Gasteiger partial charge in [-0.3, -0.25) is 0 Å². The fourth-order valence-corrected chi connectivity index (χ4v) is 2.66. The Bertz CT molecular complexity index is 241. The standard InChI is InChI=1S/C13H23NS/c1-4-14-12(10-11(2)3)7-8-13-6-5-9-15-13/h5-6,9,11-12,14H,4,7-8,10H2,1-3H3. The van der Waals surface area contributed by atoms with Crippen LogP contribution in [0, 0.1) is 5.92 Å². The molecule has 1 heterocycles. The first-order chi connectivity index (χ1) is 7.22. The van der Waals surface area contributed by atoms with Gasteiger partial charge in [0.25, 0.3) is 0 Å².